The third-order valence-corrected chi connectivity index (χ3v) is 2.38. The molecule has 1 amide bonds. The minimum absolute atomic E-state index is 0.0290. The molecular formula is C13H20N2O3. The van der Waals surface area contributed by atoms with Gasteiger partial charge in [-0.15, -0.1) is 0 Å². The molecule has 18 heavy (non-hydrogen) atoms. The molecule has 0 aliphatic rings. The van der Waals surface area contributed by atoms with Crippen LogP contribution in [0.2, 0.25) is 0 Å². The van der Waals surface area contributed by atoms with Crippen molar-refractivity contribution in [2.45, 2.75) is 13.3 Å². The minimum Gasteiger partial charge on any atom is -0.497 e. The maximum Gasteiger partial charge on any atom is 0.239 e. The number of methoxy groups -OCH3 is 2. The van der Waals surface area contributed by atoms with Gasteiger partial charge in [-0.1, -0.05) is 6.92 Å². The van der Waals surface area contributed by atoms with Crippen LogP contribution in [0.15, 0.2) is 18.2 Å². The number of carbonyl (C=O) groups is 1. The number of rotatable bonds is 7. The van der Waals surface area contributed by atoms with E-state index in [-0.39, 0.29) is 12.5 Å². The van der Waals surface area contributed by atoms with Crippen LogP contribution in [0.5, 0.6) is 11.5 Å². The van der Waals surface area contributed by atoms with Crippen LogP contribution < -0.4 is 20.1 Å². The summed E-state index contributed by atoms with van der Waals surface area (Å²) in [6.45, 7) is 2.94. The summed E-state index contributed by atoms with van der Waals surface area (Å²) in [4.78, 5) is 11.4. The molecule has 0 unspecified atom stereocenters. The number of benzene rings is 1. The van der Waals surface area contributed by atoms with Crippen molar-refractivity contribution in [3.8, 4) is 11.5 Å². The van der Waals surface area contributed by atoms with Crippen molar-refractivity contribution in [1.82, 2.24) is 5.32 Å². The Morgan fingerprint density at radius 1 is 1.17 bits per heavy atom. The van der Waals surface area contributed by atoms with Crippen LogP contribution in [0.4, 0.5) is 5.69 Å². The van der Waals surface area contributed by atoms with E-state index < -0.39 is 0 Å². The Labute approximate surface area is 107 Å². The van der Waals surface area contributed by atoms with Crippen LogP contribution in [0, 0.1) is 0 Å². The van der Waals surface area contributed by atoms with Crippen LogP contribution in [0.3, 0.4) is 0 Å². The number of anilines is 1. The molecule has 1 aromatic carbocycles. The van der Waals surface area contributed by atoms with Crippen LogP contribution in [-0.4, -0.2) is 33.2 Å². The minimum atomic E-state index is -0.0290. The molecule has 0 heterocycles. The molecule has 0 aromatic heterocycles. The van der Waals surface area contributed by atoms with Gasteiger partial charge >= 0.3 is 0 Å². The molecule has 0 saturated carbocycles. The quantitative estimate of drug-likeness (QED) is 0.774. The van der Waals surface area contributed by atoms with Crippen LogP contribution >= 0.6 is 0 Å². The van der Waals surface area contributed by atoms with E-state index in [0.29, 0.717) is 18.0 Å². The van der Waals surface area contributed by atoms with Crippen molar-refractivity contribution >= 4 is 11.6 Å². The molecule has 1 rings (SSSR count). The van der Waals surface area contributed by atoms with E-state index in [1.807, 2.05) is 19.1 Å². The molecule has 1 aromatic rings. The van der Waals surface area contributed by atoms with Crippen molar-refractivity contribution in [3.05, 3.63) is 18.2 Å². The summed E-state index contributed by atoms with van der Waals surface area (Å²) in [5.41, 5.74) is 0.790. The van der Waals surface area contributed by atoms with E-state index in [9.17, 15) is 4.79 Å². The average molecular weight is 252 g/mol. The fourth-order valence-electron chi connectivity index (χ4n) is 1.42. The van der Waals surface area contributed by atoms with Crippen molar-refractivity contribution in [2.24, 2.45) is 0 Å². The van der Waals surface area contributed by atoms with E-state index in [4.69, 9.17) is 9.47 Å². The lowest BCUT2D eigenvalue weighted by Crippen LogP contribution is -2.30. The Hall–Kier alpha value is -1.91. The first-order chi connectivity index (χ1) is 8.69. The molecule has 100 valence electrons. The van der Waals surface area contributed by atoms with Gasteiger partial charge in [-0.2, -0.15) is 0 Å². The van der Waals surface area contributed by atoms with Gasteiger partial charge in [0.15, 0.2) is 0 Å². The van der Waals surface area contributed by atoms with E-state index in [1.165, 1.54) is 0 Å². The van der Waals surface area contributed by atoms with Crippen LogP contribution in [-0.2, 0) is 4.79 Å². The summed E-state index contributed by atoms with van der Waals surface area (Å²) in [6, 6.07) is 5.41. The summed E-state index contributed by atoms with van der Waals surface area (Å²) in [7, 11) is 3.18. The molecule has 0 aliphatic heterocycles. The molecule has 0 radical (unpaired) electrons. The number of carbonyl (C=O) groups excluding carboxylic acids is 1. The standard InChI is InChI=1S/C13H20N2O3/c1-4-5-14-13(16)9-15-10-6-11(17-2)8-12(7-10)18-3/h6-8,15H,4-5,9H2,1-3H3,(H,14,16). The SMILES string of the molecule is CCCNC(=O)CNc1cc(OC)cc(OC)c1. The van der Waals surface area contributed by atoms with Crippen LogP contribution in [0.25, 0.3) is 0 Å². The van der Waals surface area contributed by atoms with Crippen LogP contribution in [0.1, 0.15) is 13.3 Å². The summed E-state index contributed by atoms with van der Waals surface area (Å²) in [5, 5.41) is 5.83. The third kappa shape index (κ3) is 4.53. The highest BCUT2D eigenvalue weighted by molar-refractivity contribution is 5.80. The molecule has 2 N–H and O–H groups in total. The number of hydrogen-bond acceptors (Lipinski definition) is 4. The number of amides is 1. The highest BCUT2D eigenvalue weighted by Gasteiger charge is 2.04. The van der Waals surface area contributed by atoms with Crippen molar-refractivity contribution < 1.29 is 14.3 Å². The lowest BCUT2D eigenvalue weighted by atomic mass is 10.2. The molecule has 0 saturated heterocycles. The Morgan fingerprint density at radius 3 is 2.28 bits per heavy atom. The summed E-state index contributed by atoms with van der Waals surface area (Å²) >= 11 is 0. The number of ether oxygens (including phenoxy) is 2. The van der Waals surface area contributed by atoms with Crippen molar-refractivity contribution in [1.29, 1.82) is 0 Å². The zero-order valence-electron chi connectivity index (χ0n) is 11.1. The first kappa shape index (κ1) is 14.2. The second-order valence-electron chi connectivity index (χ2n) is 3.80. The maximum atomic E-state index is 11.4. The summed E-state index contributed by atoms with van der Waals surface area (Å²) < 4.78 is 10.3. The number of nitrogens with one attached hydrogen (secondary N) is 2. The molecule has 0 fully saturated rings. The van der Waals surface area contributed by atoms with Gasteiger partial charge in [-0.05, 0) is 6.42 Å². The van der Waals surface area contributed by atoms with E-state index >= 15 is 0 Å². The van der Waals surface area contributed by atoms with E-state index in [2.05, 4.69) is 10.6 Å². The Bertz CT molecular complexity index is 372. The molecule has 0 atom stereocenters. The normalized spacial score (nSPS) is 9.72. The van der Waals surface area contributed by atoms with E-state index in [0.717, 1.165) is 12.1 Å². The molecule has 0 spiro atoms. The predicted molar refractivity (Wildman–Crippen MR) is 71.3 cm³/mol. The first-order valence-electron chi connectivity index (χ1n) is 5.93. The summed E-state index contributed by atoms with van der Waals surface area (Å²) in [5.74, 6) is 1.34. The Morgan fingerprint density at radius 2 is 1.78 bits per heavy atom. The lowest BCUT2D eigenvalue weighted by Gasteiger charge is -2.10. The fraction of sp³-hybridized carbons (Fsp3) is 0.462. The van der Waals surface area contributed by atoms with Gasteiger partial charge in [-0.3, -0.25) is 4.79 Å². The topological polar surface area (TPSA) is 59.6 Å². The molecular weight excluding hydrogens is 232 g/mol. The Kier molecular flexibility index (Phi) is 5.84. The molecule has 5 nitrogen and oxygen atoms in total. The fourth-order valence-corrected chi connectivity index (χ4v) is 1.42. The third-order valence-electron chi connectivity index (χ3n) is 2.38. The first-order valence-corrected chi connectivity index (χ1v) is 5.93. The Balaban J connectivity index is 2.58. The molecule has 0 bridgehead atoms. The van der Waals surface area contributed by atoms with Gasteiger partial charge in [0.2, 0.25) is 5.91 Å². The lowest BCUT2D eigenvalue weighted by molar-refractivity contribution is -0.119. The smallest absolute Gasteiger partial charge is 0.239 e. The summed E-state index contributed by atoms with van der Waals surface area (Å²) in [6.07, 6.45) is 0.929. The van der Waals surface area contributed by atoms with E-state index in [1.54, 1.807) is 20.3 Å². The average Bonchev–Trinajstić information content (AvgIpc) is 2.42. The van der Waals surface area contributed by atoms with Gasteiger partial charge in [0.25, 0.3) is 0 Å². The van der Waals surface area contributed by atoms with Gasteiger partial charge < -0.3 is 20.1 Å². The monoisotopic (exact) mass is 252 g/mol. The highest BCUT2D eigenvalue weighted by Crippen LogP contribution is 2.25. The highest BCUT2D eigenvalue weighted by atomic mass is 16.5. The van der Waals surface area contributed by atoms with Crippen molar-refractivity contribution in [3.63, 3.8) is 0 Å². The second kappa shape index (κ2) is 7.42. The largest absolute Gasteiger partial charge is 0.497 e. The predicted octanol–water partition coefficient (Wildman–Crippen LogP) is 1.64. The number of hydrogen-bond donors (Lipinski definition) is 2. The van der Waals surface area contributed by atoms with Gasteiger partial charge in [0.1, 0.15) is 11.5 Å². The maximum absolute atomic E-state index is 11.4. The van der Waals surface area contributed by atoms with Gasteiger partial charge in [-0.25, -0.2) is 0 Å². The zero-order chi connectivity index (χ0) is 13.4. The van der Waals surface area contributed by atoms with Crippen molar-refractivity contribution in [2.75, 3.05) is 32.6 Å². The van der Waals surface area contributed by atoms with Gasteiger partial charge in [0, 0.05) is 30.4 Å². The second-order valence-corrected chi connectivity index (χ2v) is 3.80. The van der Waals surface area contributed by atoms with Gasteiger partial charge in [0.05, 0.1) is 20.8 Å². The zero-order valence-corrected chi connectivity index (χ0v) is 11.1. The molecule has 5 heteroatoms. The molecule has 0 aliphatic carbocycles.